The first kappa shape index (κ1) is 24.3. The molecule has 0 saturated heterocycles. The van der Waals surface area contributed by atoms with Crippen molar-refractivity contribution < 1.29 is 14.3 Å². The van der Waals surface area contributed by atoms with Gasteiger partial charge in [-0.15, -0.1) is 0 Å². The van der Waals surface area contributed by atoms with E-state index in [9.17, 15) is 9.59 Å². The van der Waals surface area contributed by atoms with Crippen molar-refractivity contribution in [3.8, 4) is 5.75 Å². The lowest BCUT2D eigenvalue weighted by Gasteiger charge is -2.29. The van der Waals surface area contributed by atoms with E-state index in [1.54, 1.807) is 49.4 Å². The number of nitrogens with zero attached hydrogens (tertiary/aromatic N) is 1. The molecule has 0 aliphatic heterocycles. The van der Waals surface area contributed by atoms with Crippen LogP contribution in [-0.4, -0.2) is 35.4 Å². The lowest BCUT2D eigenvalue weighted by molar-refractivity contribution is -0.142. The SMILES string of the molecule is CCC(C)NC(=O)C(C)N(Cc1ccc(Cl)c(Cl)c1)C(=O)COc1ccc(Cl)cc1. The van der Waals surface area contributed by atoms with Crippen LogP contribution in [0.5, 0.6) is 5.75 Å². The molecule has 8 heteroatoms. The van der Waals surface area contributed by atoms with Gasteiger partial charge in [0.1, 0.15) is 11.8 Å². The van der Waals surface area contributed by atoms with Gasteiger partial charge in [0, 0.05) is 17.6 Å². The van der Waals surface area contributed by atoms with E-state index in [1.807, 2.05) is 13.8 Å². The largest absolute Gasteiger partial charge is 0.484 e. The van der Waals surface area contributed by atoms with Gasteiger partial charge in [0.05, 0.1) is 10.0 Å². The zero-order chi connectivity index (χ0) is 22.3. The number of amides is 2. The maximum absolute atomic E-state index is 13.0. The van der Waals surface area contributed by atoms with Gasteiger partial charge in [-0.25, -0.2) is 0 Å². The molecule has 0 fully saturated rings. The Kier molecular flexibility index (Phi) is 9.28. The molecule has 2 unspecified atom stereocenters. The smallest absolute Gasteiger partial charge is 0.261 e. The van der Waals surface area contributed by atoms with E-state index in [0.29, 0.717) is 20.8 Å². The van der Waals surface area contributed by atoms with E-state index >= 15 is 0 Å². The zero-order valence-electron chi connectivity index (χ0n) is 17.1. The van der Waals surface area contributed by atoms with Gasteiger partial charge in [-0.3, -0.25) is 9.59 Å². The number of rotatable bonds is 9. The summed E-state index contributed by atoms with van der Waals surface area (Å²) >= 11 is 18.0. The summed E-state index contributed by atoms with van der Waals surface area (Å²) in [5, 5.41) is 4.30. The molecule has 30 heavy (non-hydrogen) atoms. The van der Waals surface area contributed by atoms with Gasteiger partial charge < -0.3 is 15.0 Å². The first-order valence-corrected chi connectivity index (χ1v) is 10.8. The summed E-state index contributed by atoms with van der Waals surface area (Å²) in [6.45, 7) is 5.56. The van der Waals surface area contributed by atoms with E-state index in [4.69, 9.17) is 39.5 Å². The number of ether oxygens (including phenoxy) is 1. The number of carbonyl (C=O) groups is 2. The van der Waals surface area contributed by atoms with Gasteiger partial charge in [0.15, 0.2) is 6.61 Å². The molecule has 0 radical (unpaired) electrons. The molecular weight excluding hydrogens is 447 g/mol. The Morgan fingerprint density at radius 1 is 1.03 bits per heavy atom. The molecule has 2 aromatic carbocycles. The Morgan fingerprint density at radius 2 is 1.70 bits per heavy atom. The number of nitrogens with one attached hydrogen (secondary N) is 1. The van der Waals surface area contributed by atoms with Crippen LogP contribution in [0.3, 0.4) is 0 Å². The minimum Gasteiger partial charge on any atom is -0.484 e. The quantitative estimate of drug-likeness (QED) is 0.536. The molecular formula is C22H25Cl3N2O3. The van der Waals surface area contributed by atoms with Crippen LogP contribution in [0.2, 0.25) is 15.1 Å². The predicted octanol–water partition coefficient (Wildman–Crippen LogP) is 5.36. The van der Waals surface area contributed by atoms with Gasteiger partial charge >= 0.3 is 0 Å². The Labute approximate surface area is 192 Å². The van der Waals surface area contributed by atoms with Crippen molar-refractivity contribution >= 4 is 46.6 Å². The molecule has 2 rings (SSSR count). The Morgan fingerprint density at radius 3 is 2.30 bits per heavy atom. The molecule has 2 atom stereocenters. The maximum Gasteiger partial charge on any atom is 0.261 e. The molecule has 1 N–H and O–H groups in total. The average molecular weight is 472 g/mol. The molecule has 0 aliphatic rings. The van der Waals surface area contributed by atoms with Crippen molar-refractivity contribution in [2.75, 3.05) is 6.61 Å². The van der Waals surface area contributed by atoms with Crippen molar-refractivity contribution in [2.45, 2.75) is 45.8 Å². The number of halogens is 3. The average Bonchev–Trinajstić information content (AvgIpc) is 2.73. The first-order valence-electron chi connectivity index (χ1n) is 9.63. The second-order valence-electron chi connectivity index (χ2n) is 7.01. The fourth-order valence-electron chi connectivity index (χ4n) is 2.64. The predicted molar refractivity (Wildman–Crippen MR) is 121 cm³/mol. The highest BCUT2D eigenvalue weighted by Gasteiger charge is 2.27. The standard InChI is InChI=1S/C22H25Cl3N2O3/c1-4-14(2)26-22(29)15(3)27(12-16-5-10-19(24)20(25)11-16)21(28)13-30-18-8-6-17(23)7-9-18/h5-11,14-15H,4,12-13H2,1-3H3,(H,26,29). The molecule has 0 aliphatic carbocycles. The molecule has 2 amide bonds. The molecule has 0 heterocycles. The molecule has 5 nitrogen and oxygen atoms in total. The second kappa shape index (κ2) is 11.4. The van der Waals surface area contributed by atoms with Crippen LogP contribution in [-0.2, 0) is 16.1 Å². The summed E-state index contributed by atoms with van der Waals surface area (Å²) < 4.78 is 5.59. The fraction of sp³-hybridized carbons (Fsp3) is 0.364. The van der Waals surface area contributed by atoms with E-state index in [0.717, 1.165) is 12.0 Å². The highest BCUT2D eigenvalue weighted by Crippen LogP contribution is 2.24. The van der Waals surface area contributed by atoms with Gasteiger partial charge in [-0.05, 0) is 62.2 Å². The number of hydrogen-bond donors (Lipinski definition) is 1. The first-order chi connectivity index (χ1) is 14.2. The Bertz CT molecular complexity index is 874. The van der Waals surface area contributed by atoms with Crippen LogP contribution < -0.4 is 10.1 Å². The fourth-order valence-corrected chi connectivity index (χ4v) is 3.09. The lowest BCUT2D eigenvalue weighted by atomic mass is 10.1. The molecule has 0 saturated carbocycles. The monoisotopic (exact) mass is 470 g/mol. The lowest BCUT2D eigenvalue weighted by Crippen LogP contribution is -2.50. The summed E-state index contributed by atoms with van der Waals surface area (Å²) in [6, 6.07) is 11.1. The van der Waals surface area contributed by atoms with Crippen LogP contribution in [0, 0.1) is 0 Å². The highest BCUT2D eigenvalue weighted by atomic mass is 35.5. The van der Waals surface area contributed by atoms with Crippen molar-refractivity contribution in [1.82, 2.24) is 10.2 Å². The van der Waals surface area contributed by atoms with Crippen molar-refractivity contribution in [3.05, 3.63) is 63.1 Å². The topological polar surface area (TPSA) is 58.6 Å². The summed E-state index contributed by atoms with van der Waals surface area (Å²) in [6.07, 6.45) is 0.791. The van der Waals surface area contributed by atoms with Crippen LogP contribution >= 0.6 is 34.8 Å². The van der Waals surface area contributed by atoms with Crippen molar-refractivity contribution in [1.29, 1.82) is 0 Å². The minimum absolute atomic E-state index is 0.00666. The summed E-state index contributed by atoms with van der Waals surface area (Å²) in [4.78, 5) is 27.1. The third kappa shape index (κ3) is 7.08. The van der Waals surface area contributed by atoms with E-state index in [2.05, 4.69) is 5.32 Å². The second-order valence-corrected chi connectivity index (χ2v) is 8.26. The van der Waals surface area contributed by atoms with Crippen molar-refractivity contribution in [2.24, 2.45) is 0 Å². The van der Waals surface area contributed by atoms with Crippen LogP contribution in [0.15, 0.2) is 42.5 Å². The zero-order valence-corrected chi connectivity index (χ0v) is 19.4. The summed E-state index contributed by atoms with van der Waals surface area (Å²) in [5.74, 6) is -0.0500. The van der Waals surface area contributed by atoms with Crippen LogP contribution in [0.1, 0.15) is 32.8 Å². The van der Waals surface area contributed by atoms with Crippen LogP contribution in [0.4, 0.5) is 0 Å². The molecule has 2 aromatic rings. The molecule has 0 aromatic heterocycles. The van der Waals surface area contributed by atoms with E-state index in [1.165, 1.54) is 4.90 Å². The van der Waals surface area contributed by atoms with Gasteiger partial charge in [-0.2, -0.15) is 0 Å². The van der Waals surface area contributed by atoms with Crippen molar-refractivity contribution in [3.63, 3.8) is 0 Å². The van der Waals surface area contributed by atoms with Gasteiger partial charge in [0.2, 0.25) is 5.91 Å². The third-order valence-corrected chi connectivity index (χ3v) is 5.67. The number of benzene rings is 2. The summed E-state index contributed by atoms with van der Waals surface area (Å²) in [5.41, 5.74) is 0.757. The molecule has 0 spiro atoms. The van der Waals surface area contributed by atoms with Gasteiger partial charge in [-0.1, -0.05) is 47.8 Å². The number of carbonyl (C=O) groups excluding carboxylic acids is 2. The number of hydrogen-bond acceptors (Lipinski definition) is 3. The normalized spacial score (nSPS) is 12.7. The Balaban J connectivity index is 2.17. The highest BCUT2D eigenvalue weighted by molar-refractivity contribution is 6.42. The van der Waals surface area contributed by atoms with Crippen LogP contribution in [0.25, 0.3) is 0 Å². The molecule has 162 valence electrons. The summed E-state index contributed by atoms with van der Waals surface area (Å²) in [7, 11) is 0. The van der Waals surface area contributed by atoms with E-state index < -0.39 is 6.04 Å². The minimum atomic E-state index is -0.699. The van der Waals surface area contributed by atoms with Gasteiger partial charge in [0.25, 0.3) is 5.91 Å². The maximum atomic E-state index is 13.0. The third-order valence-electron chi connectivity index (χ3n) is 4.68. The van der Waals surface area contributed by atoms with E-state index in [-0.39, 0.29) is 31.0 Å². The Hall–Kier alpha value is -1.95. The molecule has 0 bridgehead atoms.